The van der Waals surface area contributed by atoms with E-state index in [4.69, 9.17) is 12.2 Å². The fraction of sp³-hybridized carbons (Fsp3) is 0.522. The number of piperidine rings is 1. The Balaban J connectivity index is 1.58. The fourth-order valence-electron chi connectivity index (χ4n) is 3.93. The molecule has 0 bridgehead atoms. The van der Waals surface area contributed by atoms with Crippen LogP contribution < -0.4 is 10.2 Å². The molecule has 1 aromatic heterocycles. The summed E-state index contributed by atoms with van der Waals surface area (Å²) in [5, 5.41) is 6.52. The largest absolute Gasteiger partial charge is 0.344 e. The van der Waals surface area contributed by atoms with Crippen molar-refractivity contribution in [3.05, 3.63) is 52.2 Å². The van der Waals surface area contributed by atoms with Crippen LogP contribution in [-0.4, -0.2) is 36.2 Å². The molecule has 2 aromatic rings. The third-order valence-corrected chi connectivity index (χ3v) is 7.02. The second-order valence-corrected chi connectivity index (χ2v) is 9.40. The van der Waals surface area contributed by atoms with Crippen molar-refractivity contribution in [1.82, 2.24) is 4.90 Å². The molecule has 2 N–H and O–H groups in total. The number of anilines is 1. The summed E-state index contributed by atoms with van der Waals surface area (Å²) in [5.41, 5.74) is 2.45. The summed E-state index contributed by atoms with van der Waals surface area (Å²) in [5.74, 6) is 0.912. The first kappa shape index (κ1) is 21.3. The summed E-state index contributed by atoms with van der Waals surface area (Å²) in [7, 11) is 0. The van der Waals surface area contributed by atoms with Crippen molar-refractivity contribution in [2.75, 3.05) is 31.5 Å². The monoisotopic (exact) mass is 416 g/mol. The zero-order valence-electron chi connectivity index (χ0n) is 17.2. The van der Waals surface area contributed by atoms with E-state index in [1.165, 1.54) is 49.3 Å². The van der Waals surface area contributed by atoms with E-state index in [9.17, 15) is 0 Å². The lowest BCUT2D eigenvalue weighted by atomic mass is 9.99. The third kappa shape index (κ3) is 6.29. The minimum atomic E-state index is 0.844. The van der Waals surface area contributed by atoms with Crippen LogP contribution in [0.5, 0.6) is 0 Å². The predicted octanol–water partition coefficient (Wildman–Crippen LogP) is 4.21. The Bertz CT molecular complexity index is 721. The first-order valence-corrected chi connectivity index (χ1v) is 11.9. The average Bonchev–Trinajstić information content (AvgIpc) is 3.22. The maximum atomic E-state index is 5.84. The lowest BCUT2D eigenvalue weighted by Gasteiger charge is -2.29. The minimum Gasteiger partial charge on any atom is -0.344 e. The molecule has 1 saturated heterocycles. The highest BCUT2D eigenvalue weighted by Gasteiger charge is 2.19. The minimum absolute atomic E-state index is 0.844. The highest BCUT2D eigenvalue weighted by Crippen LogP contribution is 2.18. The lowest BCUT2D eigenvalue weighted by molar-refractivity contribution is -0.906. The van der Waals surface area contributed by atoms with Gasteiger partial charge in [0.1, 0.15) is 0 Å². The summed E-state index contributed by atoms with van der Waals surface area (Å²) in [6.07, 6.45) is 4.95. The Labute approximate surface area is 179 Å². The smallest absolute Gasteiger partial charge is 0.173 e. The number of quaternary nitrogens is 1. The standard InChI is InChI=1S/C23H33N3S2/c1-3-20-8-4-5-10-22(20)24-23(27)26(18-21-9-6-17-28-21)14-7-13-25-15-11-19(2)12-16-25/h4-6,8-10,17,19H,3,7,11-16,18H2,1-2H3,(H,24,27)/p+1. The van der Waals surface area contributed by atoms with Crippen LogP contribution in [0.3, 0.4) is 0 Å². The number of rotatable bonds is 8. The highest BCUT2D eigenvalue weighted by molar-refractivity contribution is 7.80. The third-order valence-electron chi connectivity index (χ3n) is 5.79. The number of thiophene rings is 1. The van der Waals surface area contributed by atoms with Crippen molar-refractivity contribution in [2.24, 2.45) is 5.92 Å². The van der Waals surface area contributed by atoms with Crippen molar-refractivity contribution in [2.45, 2.75) is 46.1 Å². The predicted molar refractivity (Wildman–Crippen MR) is 125 cm³/mol. The van der Waals surface area contributed by atoms with Crippen LogP contribution in [0.4, 0.5) is 5.69 Å². The molecule has 152 valence electrons. The Morgan fingerprint density at radius 1 is 1.21 bits per heavy atom. The molecule has 1 aromatic carbocycles. The van der Waals surface area contributed by atoms with E-state index in [0.717, 1.165) is 36.2 Å². The van der Waals surface area contributed by atoms with E-state index in [1.807, 2.05) is 11.3 Å². The molecule has 1 aliphatic heterocycles. The maximum absolute atomic E-state index is 5.84. The van der Waals surface area contributed by atoms with Crippen LogP contribution >= 0.6 is 23.6 Å². The van der Waals surface area contributed by atoms with Gasteiger partial charge in [0, 0.05) is 23.5 Å². The van der Waals surface area contributed by atoms with Gasteiger partial charge in [-0.15, -0.1) is 11.3 Å². The first-order chi connectivity index (χ1) is 13.7. The highest BCUT2D eigenvalue weighted by atomic mass is 32.1. The van der Waals surface area contributed by atoms with Gasteiger partial charge < -0.3 is 15.1 Å². The fourth-order valence-corrected chi connectivity index (χ4v) is 4.91. The molecule has 3 nitrogen and oxygen atoms in total. The summed E-state index contributed by atoms with van der Waals surface area (Å²) in [6.45, 7) is 10.4. The van der Waals surface area contributed by atoms with Crippen LogP contribution in [0.1, 0.15) is 43.6 Å². The van der Waals surface area contributed by atoms with E-state index in [0.29, 0.717) is 0 Å². The Morgan fingerprint density at radius 3 is 2.71 bits per heavy atom. The topological polar surface area (TPSA) is 19.7 Å². The maximum Gasteiger partial charge on any atom is 0.173 e. The Morgan fingerprint density at radius 2 is 2.00 bits per heavy atom. The summed E-state index contributed by atoms with van der Waals surface area (Å²) >= 11 is 7.65. The molecule has 0 aliphatic carbocycles. The number of aryl methyl sites for hydroxylation is 1. The van der Waals surface area contributed by atoms with Gasteiger partial charge in [0.15, 0.2) is 5.11 Å². The second-order valence-electron chi connectivity index (χ2n) is 7.98. The van der Waals surface area contributed by atoms with Gasteiger partial charge in [-0.1, -0.05) is 38.1 Å². The van der Waals surface area contributed by atoms with Crippen LogP contribution in [0, 0.1) is 5.92 Å². The van der Waals surface area contributed by atoms with Crippen LogP contribution in [0.15, 0.2) is 41.8 Å². The van der Waals surface area contributed by atoms with Crippen molar-refractivity contribution >= 4 is 34.4 Å². The molecule has 0 spiro atoms. The zero-order valence-corrected chi connectivity index (χ0v) is 18.9. The van der Waals surface area contributed by atoms with Crippen molar-refractivity contribution in [1.29, 1.82) is 0 Å². The van der Waals surface area contributed by atoms with Crippen LogP contribution in [0.2, 0.25) is 0 Å². The van der Waals surface area contributed by atoms with Gasteiger partial charge in [-0.05, 0) is 60.5 Å². The molecule has 0 atom stereocenters. The van der Waals surface area contributed by atoms with Gasteiger partial charge in [0.05, 0.1) is 26.2 Å². The molecule has 0 saturated carbocycles. The van der Waals surface area contributed by atoms with Crippen molar-refractivity contribution in [3.63, 3.8) is 0 Å². The first-order valence-electron chi connectivity index (χ1n) is 10.7. The lowest BCUT2D eigenvalue weighted by Crippen LogP contribution is -3.13. The van der Waals surface area contributed by atoms with Gasteiger partial charge >= 0.3 is 0 Å². The normalized spacial score (nSPS) is 19.4. The molecule has 5 heteroatoms. The zero-order chi connectivity index (χ0) is 19.8. The molecule has 0 radical (unpaired) electrons. The molecular formula is C23H34N3S2+. The van der Waals surface area contributed by atoms with Crippen molar-refractivity contribution in [3.8, 4) is 0 Å². The molecule has 1 aliphatic rings. The number of hydrogen-bond acceptors (Lipinski definition) is 2. The van der Waals surface area contributed by atoms with Gasteiger partial charge in [-0.25, -0.2) is 0 Å². The van der Waals surface area contributed by atoms with Crippen LogP contribution in [-0.2, 0) is 13.0 Å². The number of benzene rings is 1. The van der Waals surface area contributed by atoms with Gasteiger partial charge in [0.2, 0.25) is 0 Å². The van der Waals surface area contributed by atoms with E-state index in [2.05, 4.69) is 65.8 Å². The van der Waals surface area contributed by atoms with Gasteiger partial charge in [0.25, 0.3) is 0 Å². The molecule has 1 fully saturated rings. The van der Waals surface area contributed by atoms with E-state index in [-0.39, 0.29) is 0 Å². The van der Waals surface area contributed by atoms with Crippen LogP contribution in [0.25, 0.3) is 0 Å². The molecule has 0 unspecified atom stereocenters. The quantitative estimate of drug-likeness (QED) is 0.629. The van der Waals surface area contributed by atoms with E-state index in [1.54, 1.807) is 4.90 Å². The summed E-state index contributed by atoms with van der Waals surface area (Å²) in [6, 6.07) is 12.8. The number of nitrogens with one attached hydrogen (secondary N) is 2. The number of thiocarbonyl (C=S) groups is 1. The number of hydrogen-bond donors (Lipinski definition) is 2. The van der Waals surface area contributed by atoms with Gasteiger partial charge in [-0.3, -0.25) is 0 Å². The molecular weight excluding hydrogens is 382 g/mol. The van der Waals surface area contributed by atoms with E-state index < -0.39 is 0 Å². The number of para-hydroxylation sites is 1. The second kappa shape index (κ2) is 10.9. The summed E-state index contributed by atoms with van der Waals surface area (Å²) < 4.78 is 0. The Hall–Kier alpha value is -1.43. The number of likely N-dealkylation sites (tertiary alicyclic amines) is 1. The average molecular weight is 417 g/mol. The summed E-state index contributed by atoms with van der Waals surface area (Å²) in [4.78, 5) is 5.48. The molecule has 2 heterocycles. The SMILES string of the molecule is CCc1ccccc1NC(=S)N(CCC[NH+]1CCC(C)CC1)Cc1cccs1. The van der Waals surface area contributed by atoms with Crippen molar-refractivity contribution < 1.29 is 4.90 Å². The Kier molecular flexibility index (Phi) is 8.31. The molecule has 0 amide bonds. The van der Waals surface area contributed by atoms with E-state index >= 15 is 0 Å². The number of nitrogens with zero attached hydrogens (tertiary/aromatic N) is 1. The molecule has 3 rings (SSSR count). The van der Waals surface area contributed by atoms with Gasteiger partial charge in [-0.2, -0.15) is 0 Å². The molecule has 28 heavy (non-hydrogen) atoms.